The monoisotopic (exact) mass is 360 g/mol. The molecule has 25 heavy (non-hydrogen) atoms. The summed E-state index contributed by atoms with van der Waals surface area (Å²) in [5.74, 6) is 0.933. The van der Waals surface area contributed by atoms with Gasteiger partial charge in [-0.15, -0.1) is 0 Å². The second-order valence-corrected chi connectivity index (χ2v) is 6.25. The second-order valence-electron chi connectivity index (χ2n) is 5.85. The first-order chi connectivity index (χ1) is 12.1. The van der Waals surface area contributed by atoms with E-state index in [1.807, 2.05) is 24.3 Å². The molecule has 2 N–H and O–H groups in total. The number of ether oxygens (including phenoxy) is 1. The highest BCUT2D eigenvalue weighted by molar-refractivity contribution is 6.32. The summed E-state index contributed by atoms with van der Waals surface area (Å²) in [6.45, 7) is 4.75. The lowest BCUT2D eigenvalue weighted by atomic mass is 10.2. The van der Waals surface area contributed by atoms with E-state index >= 15 is 0 Å². The molecule has 0 spiro atoms. The summed E-state index contributed by atoms with van der Waals surface area (Å²) >= 11 is 6.08. The summed E-state index contributed by atoms with van der Waals surface area (Å²) in [5.41, 5.74) is 5.91. The van der Waals surface area contributed by atoms with Gasteiger partial charge >= 0.3 is 0 Å². The fraction of sp³-hybridized carbons (Fsp3) is 0.333. The summed E-state index contributed by atoms with van der Waals surface area (Å²) in [6, 6.07) is 10.9. The maximum absolute atomic E-state index is 11.6. The molecule has 1 saturated heterocycles. The quantitative estimate of drug-likeness (QED) is 0.853. The van der Waals surface area contributed by atoms with Gasteiger partial charge in [0.25, 0.3) is 5.91 Å². The highest BCUT2D eigenvalue weighted by Crippen LogP contribution is 2.23. The summed E-state index contributed by atoms with van der Waals surface area (Å²) in [6.07, 6.45) is 1.69. The molecule has 132 valence electrons. The van der Waals surface area contributed by atoms with Gasteiger partial charge in [-0.05, 0) is 24.3 Å². The van der Waals surface area contributed by atoms with Gasteiger partial charge in [-0.25, -0.2) is 4.98 Å². The number of hydrogen-bond acceptors (Lipinski definition) is 5. The fourth-order valence-corrected chi connectivity index (χ4v) is 3.06. The number of para-hydroxylation sites is 1. The van der Waals surface area contributed by atoms with Gasteiger partial charge in [0.15, 0.2) is 0 Å². The smallest absolute Gasteiger partial charge is 0.252 e. The lowest BCUT2D eigenvalue weighted by Crippen LogP contribution is -2.48. The standard InChI is InChI=1S/C18H21ClN4O2/c19-15-5-1-2-6-16(15)25-13-12-22-8-10-23(11-9-22)18-14(17(20)24)4-3-7-21-18/h1-7H,8-13H2,(H2,20,24). The number of rotatable bonds is 6. The number of carbonyl (C=O) groups is 1. The molecular formula is C18H21ClN4O2. The van der Waals surface area contributed by atoms with Crippen molar-refractivity contribution >= 4 is 23.3 Å². The van der Waals surface area contributed by atoms with Crippen LogP contribution < -0.4 is 15.4 Å². The number of nitrogens with two attached hydrogens (primary N) is 1. The zero-order valence-corrected chi connectivity index (χ0v) is 14.7. The van der Waals surface area contributed by atoms with E-state index in [4.69, 9.17) is 22.1 Å². The summed E-state index contributed by atoms with van der Waals surface area (Å²) in [5, 5.41) is 0.626. The van der Waals surface area contributed by atoms with Gasteiger partial charge in [0.2, 0.25) is 0 Å². The number of amides is 1. The van der Waals surface area contributed by atoms with Crippen LogP contribution in [0.4, 0.5) is 5.82 Å². The van der Waals surface area contributed by atoms with Crippen molar-refractivity contribution < 1.29 is 9.53 Å². The third-order valence-corrected chi connectivity index (χ3v) is 4.54. The molecule has 2 aromatic rings. The van der Waals surface area contributed by atoms with Crippen molar-refractivity contribution in [3.63, 3.8) is 0 Å². The molecule has 0 bridgehead atoms. The van der Waals surface area contributed by atoms with Crippen LogP contribution in [-0.2, 0) is 0 Å². The van der Waals surface area contributed by atoms with Crippen LogP contribution in [0.1, 0.15) is 10.4 Å². The van der Waals surface area contributed by atoms with Crippen molar-refractivity contribution in [1.29, 1.82) is 0 Å². The molecule has 0 radical (unpaired) electrons. The van der Waals surface area contributed by atoms with Crippen LogP contribution in [0.15, 0.2) is 42.6 Å². The Morgan fingerprint density at radius 3 is 2.64 bits per heavy atom. The van der Waals surface area contributed by atoms with Crippen molar-refractivity contribution in [2.45, 2.75) is 0 Å². The molecule has 3 rings (SSSR count). The molecule has 1 aliphatic rings. The van der Waals surface area contributed by atoms with Gasteiger partial charge in [-0.1, -0.05) is 23.7 Å². The Kier molecular flexibility index (Phi) is 5.73. The van der Waals surface area contributed by atoms with E-state index in [2.05, 4.69) is 14.8 Å². The van der Waals surface area contributed by atoms with Gasteiger partial charge in [0, 0.05) is 38.9 Å². The molecule has 0 aliphatic carbocycles. The number of benzene rings is 1. The van der Waals surface area contributed by atoms with Crippen molar-refractivity contribution in [1.82, 2.24) is 9.88 Å². The molecule has 1 aromatic heterocycles. The van der Waals surface area contributed by atoms with E-state index in [1.54, 1.807) is 18.3 Å². The average molecular weight is 361 g/mol. The Labute approximate surface area is 152 Å². The zero-order chi connectivity index (χ0) is 17.6. The number of piperazine rings is 1. The molecule has 2 heterocycles. The number of pyridine rings is 1. The minimum Gasteiger partial charge on any atom is -0.491 e. The lowest BCUT2D eigenvalue weighted by molar-refractivity contribution is 0.1000. The first-order valence-corrected chi connectivity index (χ1v) is 8.62. The van der Waals surface area contributed by atoms with E-state index in [1.165, 1.54) is 0 Å². The minimum absolute atomic E-state index is 0.446. The van der Waals surface area contributed by atoms with E-state index in [0.717, 1.165) is 32.7 Å². The third-order valence-electron chi connectivity index (χ3n) is 4.23. The molecular weight excluding hydrogens is 340 g/mol. The highest BCUT2D eigenvalue weighted by Gasteiger charge is 2.21. The number of aromatic nitrogens is 1. The van der Waals surface area contributed by atoms with Gasteiger partial charge in [0.05, 0.1) is 10.6 Å². The van der Waals surface area contributed by atoms with Gasteiger partial charge in [-0.3, -0.25) is 9.69 Å². The first-order valence-electron chi connectivity index (χ1n) is 8.24. The molecule has 0 saturated carbocycles. The van der Waals surface area contributed by atoms with Crippen LogP contribution in [0.5, 0.6) is 5.75 Å². The van der Waals surface area contributed by atoms with Crippen LogP contribution in [0.3, 0.4) is 0 Å². The Morgan fingerprint density at radius 2 is 1.92 bits per heavy atom. The highest BCUT2D eigenvalue weighted by atomic mass is 35.5. The van der Waals surface area contributed by atoms with Crippen LogP contribution in [0, 0.1) is 0 Å². The number of nitrogens with zero attached hydrogens (tertiary/aromatic N) is 3. The summed E-state index contributed by atoms with van der Waals surface area (Å²) in [7, 11) is 0. The first kappa shape index (κ1) is 17.5. The maximum atomic E-state index is 11.6. The predicted molar refractivity (Wildman–Crippen MR) is 98.4 cm³/mol. The third kappa shape index (κ3) is 4.41. The molecule has 7 heteroatoms. The maximum Gasteiger partial charge on any atom is 0.252 e. The van der Waals surface area contributed by atoms with Gasteiger partial charge in [-0.2, -0.15) is 0 Å². The zero-order valence-electron chi connectivity index (χ0n) is 13.9. The average Bonchev–Trinajstić information content (AvgIpc) is 2.64. The van der Waals surface area contributed by atoms with Gasteiger partial charge < -0.3 is 15.4 Å². The summed E-state index contributed by atoms with van der Waals surface area (Å²) < 4.78 is 5.74. The lowest BCUT2D eigenvalue weighted by Gasteiger charge is -2.35. The normalized spacial score (nSPS) is 15.2. The van der Waals surface area contributed by atoms with Crippen molar-refractivity contribution in [2.24, 2.45) is 5.73 Å². The van der Waals surface area contributed by atoms with Crippen LogP contribution in [0.25, 0.3) is 0 Å². The van der Waals surface area contributed by atoms with E-state index < -0.39 is 5.91 Å². The van der Waals surface area contributed by atoms with Crippen molar-refractivity contribution in [3.8, 4) is 5.75 Å². The Balaban J connectivity index is 1.49. The Bertz CT molecular complexity index is 733. The predicted octanol–water partition coefficient (Wildman–Crippen LogP) is 2.03. The van der Waals surface area contributed by atoms with E-state index in [9.17, 15) is 4.79 Å². The fourth-order valence-electron chi connectivity index (χ4n) is 2.87. The molecule has 0 atom stereocenters. The number of hydrogen-bond donors (Lipinski definition) is 1. The van der Waals surface area contributed by atoms with Crippen molar-refractivity contribution in [2.75, 3.05) is 44.2 Å². The second kappa shape index (κ2) is 8.18. The molecule has 1 aliphatic heterocycles. The van der Waals surface area contributed by atoms with Crippen LogP contribution in [-0.4, -0.2) is 55.1 Å². The molecule has 1 amide bonds. The largest absolute Gasteiger partial charge is 0.491 e. The van der Waals surface area contributed by atoms with E-state index in [0.29, 0.717) is 28.8 Å². The number of anilines is 1. The van der Waals surface area contributed by atoms with Crippen LogP contribution >= 0.6 is 11.6 Å². The number of halogens is 1. The Morgan fingerprint density at radius 1 is 1.16 bits per heavy atom. The van der Waals surface area contributed by atoms with Crippen LogP contribution in [0.2, 0.25) is 5.02 Å². The number of primary amides is 1. The number of carbonyl (C=O) groups excluding carboxylic acids is 1. The molecule has 1 fully saturated rings. The Hall–Kier alpha value is -2.31. The molecule has 6 nitrogen and oxygen atoms in total. The van der Waals surface area contributed by atoms with E-state index in [-0.39, 0.29) is 0 Å². The van der Waals surface area contributed by atoms with Gasteiger partial charge in [0.1, 0.15) is 18.2 Å². The molecule has 1 aromatic carbocycles. The SMILES string of the molecule is NC(=O)c1cccnc1N1CCN(CCOc2ccccc2Cl)CC1. The summed E-state index contributed by atoms with van der Waals surface area (Å²) in [4.78, 5) is 20.3. The van der Waals surface area contributed by atoms with Crippen molar-refractivity contribution in [3.05, 3.63) is 53.2 Å². The topological polar surface area (TPSA) is 71.7 Å². The minimum atomic E-state index is -0.446. The molecule has 0 unspecified atom stereocenters.